The number of amides is 1. The van der Waals surface area contributed by atoms with Crippen LogP contribution in [-0.4, -0.2) is 47.9 Å². The van der Waals surface area contributed by atoms with Gasteiger partial charge in [-0.2, -0.15) is 0 Å². The minimum atomic E-state index is -0.496. The second-order valence-electron chi connectivity index (χ2n) is 6.18. The largest absolute Gasteiger partial charge is 0.444 e. The molecule has 1 saturated heterocycles. The zero-order valence-electron chi connectivity index (χ0n) is 11.4. The molecule has 1 aliphatic heterocycles. The van der Waals surface area contributed by atoms with Crippen molar-refractivity contribution in [3.8, 4) is 0 Å². The van der Waals surface area contributed by atoms with Gasteiger partial charge < -0.3 is 15.2 Å². The molecule has 0 aromatic rings. The van der Waals surface area contributed by atoms with Gasteiger partial charge in [0.15, 0.2) is 0 Å². The van der Waals surface area contributed by atoms with Gasteiger partial charge in [-0.25, -0.2) is 4.79 Å². The van der Waals surface area contributed by atoms with Crippen LogP contribution < -0.4 is 5.73 Å². The lowest BCUT2D eigenvalue weighted by atomic mass is 10.0. The number of hydrogen-bond donors (Lipinski definition) is 1. The van der Waals surface area contributed by atoms with E-state index in [1.807, 2.05) is 34.6 Å². The predicted octanol–water partition coefficient (Wildman–Crippen LogP) is 1.36. The quantitative estimate of drug-likeness (QED) is 0.698. The van der Waals surface area contributed by atoms with Crippen LogP contribution >= 0.6 is 0 Å². The summed E-state index contributed by atoms with van der Waals surface area (Å²) in [5, 5.41) is 0. The molecular formula is C12H24N2O3. The van der Waals surface area contributed by atoms with Gasteiger partial charge in [0.2, 0.25) is 0 Å². The summed E-state index contributed by atoms with van der Waals surface area (Å²) in [6.07, 6.45) is -0.330. The highest BCUT2D eigenvalue weighted by atomic mass is 16.6. The summed E-state index contributed by atoms with van der Waals surface area (Å²) in [6, 6.07) is -0.163. The first kappa shape index (κ1) is 14.3. The Morgan fingerprint density at radius 3 is 2.59 bits per heavy atom. The standard InChI is InChI=1S/C12H24N2O3/c1-11(2,3)17-10(15)14-6-9(13)7-16-8-12(14,4)5/h9H,6-8,13H2,1-5H3. The highest BCUT2D eigenvalue weighted by Gasteiger charge is 2.37. The van der Waals surface area contributed by atoms with Crippen molar-refractivity contribution in [3.63, 3.8) is 0 Å². The van der Waals surface area contributed by atoms with Crippen LogP contribution in [0.5, 0.6) is 0 Å². The molecule has 1 unspecified atom stereocenters. The molecule has 0 aromatic heterocycles. The van der Waals surface area contributed by atoms with Crippen molar-refractivity contribution in [2.24, 2.45) is 5.73 Å². The van der Waals surface area contributed by atoms with E-state index in [4.69, 9.17) is 15.2 Å². The van der Waals surface area contributed by atoms with E-state index in [1.165, 1.54) is 0 Å². The number of nitrogens with two attached hydrogens (primary N) is 1. The first-order valence-corrected chi connectivity index (χ1v) is 5.96. The highest BCUT2D eigenvalue weighted by molar-refractivity contribution is 5.69. The molecular weight excluding hydrogens is 220 g/mol. The summed E-state index contributed by atoms with van der Waals surface area (Å²) in [5.41, 5.74) is 4.99. The maximum absolute atomic E-state index is 12.1. The molecule has 0 spiro atoms. The SMILES string of the molecule is CC(C)(C)OC(=O)N1CC(N)COCC1(C)C. The van der Waals surface area contributed by atoms with Crippen LogP contribution in [0.3, 0.4) is 0 Å². The van der Waals surface area contributed by atoms with Crippen LogP contribution in [0.4, 0.5) is 4.79 Å². The third kappa shape index (κ3) is 4.16. The summed E-state index contributed by atoms with van der Waals surface area (Å²) >= 11 is 0. The molecule has 0 bridgehead atoms. The average molecular weight is 244 g/mol. The van der Waals surface area contributed by atoms with E-state index in [0.29, 0.717) is 19.8 Å². The normalized spacial score (nSPS) is 25.3. The van der Waals surface area contributed by atoms with Crippen LogP contribution in [0.2, 0.25) is 0 Å². The van der Waals surface area contributed by atoms with E-state index < -0.39 is 11.1 Å². The van der Waals surface area contributed by atoms with E-state index in [0.717, 1.165) is 0 Å². The summed E-state index contributed by atoms with van der Waals surface area (Å²) in [4.78, 5) is 13.8. The Balaban J connectivity index is 2.80. The first-order chi connectivity index (χ1) is 7.62. The fourth-order valence-corrected chi connectivity index (χ4v) is 1.71. The summed E-state index contributed by atoms with van der Waals surface area (Å²) < 4.78 is 10.9. The second kappa shape index (κ2) is 4.82. The van der Waals surface area contributed by atoms with Crippen molar-refractivity contribution in [1.29, 1.82) is 0 Å². The molecule has 1 fully saturated rings. The van der Waals surface area contributed by atoms with Crippen LogP contribution in [0.25, 0.3) is 0 Å². The molecule has 1 aliphatic rings. The molecule has 0 saturated carbocycles. The van der Waals surface area contributed by atoms with E-state index in [9.17, 15) is 4.79 Å². The Morgan fingerprint density at radius 2 is 2.06 bits per heavy atom. The molecule has 5 heteroatoms. The van der Waals surface area contributed by atoms with E-state index in [1.54, 1.807) is 4.90 Å². The molecule has 0 aromatic carbocycles. The van der Waals surface area contributed by atoms with Crippen LogP contribution in [0.1, 0.15) is 34.6 Å². The number of ether oxygens (including phenoxy) is 2. The second-order valence-corrected chi connectivity index (χ2v) is 6.18. The summed E-state index contributed by atoms with van der Waals surface area (Å²) in [7, 11) is 0. The molecule has 1 rings (SSSR count). The molecule has 2 N–H and O–H groups in total. The van der Waals surface area contributed by atoms with Crippen LogP contribution in [0.15, 0.2) is 0 Å². The maximum atomic E-state index is 12.1. The fraction of sp³-hybridized carbons (Fsp3) is 0.917. The Hall–Kier alpha value is -0.810. The number of hydrogen-bond acceptors (Lipinski definition) is 4. The smallest absolute Gasteiger partial charge is 0.410 e. The molecule has 1 amide bonds. The molecule has 17 heavy (non-hydrogen) atoms. The zero-order chi connectivity index (χ0) is 13.3. The zero-order valence-corrected chi connectivity index (χ0v) is 11.4. The molecule has 0 radical (unpaired) electrons. The van der Waals surface area contributed by atoms with E-state index in [2.05, 4.69) is 0 Å². The minimum absolute atomic E-state index is 0.163. The summed E-state index contributed by atoms with van der Waals surface area (Å²) in [5.74, 6) is 0. The van der Waals surface area contributed by atoms with Crippen LogP contribution in [0, 0.1) is 0 Å². The molecule has 0 aliphatic carbocycles. The van der Waals surface area contributed by atoms with Gasteiger partial charge in [-0.1, -0.05) is 0 Å². The highest BCUT2D eigenvalue weighted by Crippen LogP contribution is 2.21. The van der Waals surface area contributed by atoms with Gasteiger partial charge in [-0.15, -0.1) is 0 Å². The first-order valence-electron chi connectivity index (χ1n) is 5.96. The molecule has 1 atom stereocenters. The lowest BCUT2D eigenvalue weighted by Crippen LogP contribution is -2.53. The lowest BCUT2D eigenvalue weighted by molar-refractivity contribution is -0.00606. The Morgan fingerprint density at radius 1 is 1.47 bits per heavy atom. The van der Waals surface area contributed by atoms with Gasteiger partial charge in [-0.3, -0.25) is 4.90 Å². The number of carbonyl (C=O) groups is 1. The fourth-order valence-electron chi connectivity index (χ4n) is 1.71. The Kier molecular flexibility index (Phi) is 4.04. The topological polar surface area (TPSA) is 64.8 Å². The molecule has 1 heterocycles. The van der Waals surface area contributed by atoms with E-state index >= 15 is 0 Å². The number of carbonyl (C=O) groups excluding carboxylic acids is 1. The number of rotatable bonds is 0. The van der Waals surface area contributed by atoms with Crippen molar-refractivity contribution in [2.45, 2.75) is 51.8 Å². The third-order valence-electron chi connectivity index (χ3n) is 2.55. The maximum Gasteiger partial charge on any atom is 0.410 e. The molecule has 100 valence electrons. The van der Waals surface area contributed by atoms with Crippen molar-refractivity contribution >= 4 is 6.09 Å². The Bertz CT molecular complexity index is 284. The van der Waals surface area contributed by atoms with Crippen molar-refractivity contribution in [1.82, 2.24) is 4.90 Å². The summed E-state index contributed by atoms with van der Waals surface area (Å²) in [6.45, 7) is 10.9. The van der Waals surface area contributed by atoms with Crippen LogP contribution in [-0.2, 0) is 9.47 Å². The van der Waals surface area contributed by atoms with Gasteiger partial charge >= 0.3 is 6.09 Å². The average Bonchev–Trinajstić information content (AvgIpc) is 2.22. The minimum Gasteiger partial charge on any atom is -0.444 e. The van der Waals surface area contributed by atoms with Crippen molar-refractivity contribution in [3.05, 3.63) is 0 Å². The Labute approximate surface area is 103 Å². The lowest BCUT2D eigenvalue weighted by Gasteiger charge is -2.37. The van der Waals surface area contributed by atoms with Crippen molar-refractivity contribution in [2.75, 3.05) is 19.8 Å². The molecule has 5 nitrogen and oxygen atoms in total. The predicted molar refractivity (Wildman–Crippen MR) is 65.8 cm³/mol. The number of nitrogens with zero attached hydrogens (tertiary/aromatic N) is 1. The van der Waals surface area contributed by atoms with Gasteiger partial charge in [-0.05, 0) is 34.6 Å². The van der Waals surface area contributed by atoms with Gasteiger partial charge in [0.05, 0.1) is 18.8 Å². The van der Waals surface area contributed by atoms with Crippen molar-refractivity contribution < 1.29 is 14.3 Å². The van der Waals surface area contributed by atoms with Gasteiger partial charge in [0.1, 0.15) is 5.60 Å². The van der Waals surface area contributed by atoms with E-state index in [-0.39, 0.29) is 12.1 Å². The van der Waals surface area contributed by atoms with Gasteiger partial charge in [0, 0.05) is 12.6 Å². The van der Waals surface area contributed by atoms with Gasteiger partial charge in [0.25, 0.3) is 0 Å². The monoisotopic (exact) mass is 244 g/mol. The third-order valence-corrected chi connectivity index (χ3v) is 2.55.